The zero-order valence-corrected chi connectivity index (χ0v) is 15.2. The molecule has 1 aromatic heterocycles. The summed E-state index contributed by atoms with van der Waals surface area (Å²) in [7, 11) is 1.63. The van der Waals surface area contributed by atoms with Crippen LogP contribution in [0.3, 0.4) is 0 Å². The molecule has 0 aliphatic heterocycles. The Morgan fingerprint density at radius 2 is 1.88 bits per heavy atom. The van der Waals surface area contributed by atoms with Gasteiger partial charge < -0.3 is 14.5 Å². The number of ether oxygens (including phenoxy) is 1. The van der Waals surface area contributed by atoms with Crippen molar-refractivity contribution in [3.63, 3.8) is 0 Å². The molecule has 0 spiro atoms. The molecule has 128 valence electrons. The van der Waals surface area contributed by atoms with Gasteiger partial charge in [0.15, 0.2) is 11.7 Å². The van der Waals surface area contributed by atoms with E-state index in [4.69, 9.17) is 9.15 Å². The van der Waals surface area contributed by atoms with Crippen LogP contribution in [0.4, 0.5) is 5.69 Å². The highest BCUT2D eigenvalue weighted by Gasteiger charge is 2.09. The highest BCUT2D eigenvalue weighted by Crippen LogP contribution is 2.23. The van der Waals surface area contributed by atoms with Crippen molar-refractivity contribution in [1.82, 2.24) is 4.98 Å². The van der Waals surface area contributed by atoms with E-state index in [2.05, 4.69) is 26.2 Å². The Bertz CT molecular complexity index is 842. The number of aromatic nitrogens is 1. The molecule has 3 aromatic rings. The summed E-state index contributed by atoms with van der Waals surface area (Å²) in [5.41, 5.74) is 1.68. The molecule has 0 atom stereocenters. The molecule has 0 saturated carbocycles. The van der Waals surface area contributed by atoms with Gasteiger partial charge in [-0.2, -0.15) is 0 Å². The maximum Gasteiger partial charge on any atom is 0.224 e. The van der Waals surface area contributed by atoms with Crippen molar-refractivity contribution in [2.75, 3.05) is 12.4 Å². The number of carbonyl (C=O) groups excluding carboxylic acids is 1. The fraction of sp³-hybridized carbons (Fsp3) is 0.158. The summed E-state index contributed by atoms with van der Waals surface area (Å²) >= 11 is 3.36. The van der Waals surface area contributed by atoms with Crippen molar-refractivity contribution in [3.8, 4) is 17.1 Å². The largest absolute Gasteiger partial charge is 0.497 e. The third-order valence-electron chi connectivity index (χ3n) is 3.62. The van der Waals surface area contributed by atoms with E-state index in [1.54, 1.807) is 13.3 Å². The second kappa shape index (κ2) is 7.98. The summed E-state index contributed by atoms with van der Waals surface area (Å²) in [5, 5.41) is 2.85. The number of methoxy groups -OCH3 is 1. The third kappa shape index (κ3) is 4.70. The number of hydrogen-bond donors (Lipinski definition) is 1. The van der Waals surface area contributed by atoms with Gasteiger partial charge in [-0.05, 0) is 48.5 Å². The molecule has 0 fully saturated rings. The van der Waals surface area contributed by atoms with Gasteiger partial charge in [-0.25, -0.2) is 4.98 Å². The Morgan fingerprint density at radius 1 is 1.16 bits per heavy atom. The molecule has 1 N–H and O–H groups in total. The SMILES string of the molecule is COc1ccc(-c2cnc(CCC(=O)Nc3ccc(Br)cc3)o2)cc1. The van der Waals surface area contributed by atoms with Gasteiger partial charge in [-0.1, -0.05) is 15.9 Å². The third-order valence-corrected chi connectivity index (χ3v) is 4.15. The van der Waals surface area contributed by atoms with Crippen LogP contribution in [0.25, 0.3) is 11.3 Å². The highest BCUT2D eigenvalue weighted by molar-refractivity contribution is 9.10. The molecule has 3 rings (SSSR count). The topological polar surface area (TPSA) is 64.4 Å². The Hall–Kier alpha value is -2.60. The first-order valence-electron chi connectivity index (χ1n) is 7.78. The number of nitrogens with zero attached hydrogens (tertiary/aromatic N) is 1. The van der Waals surface area contributed by atoms with Crippen LogP contribution in [0.5, 0.6) is 5.75 Å². The number of benzene rings is 2. The van der Waals surface area contributed by atoms with Crippen molar-refractivity contribution in [2.24, 2.45) is 0 Å². The van der Waals surface area contributed by atoms with Gasteiger partial charge in [0.1, 0.15) is 5.75 Å². The van der Waals surface area contributed by atoms with Crippen molar-refractivity contribution in [1.29, 1.82) is 0 Å². The first-order chi connectivity index (χ1) is 12.1. The molecule has 6 heteroatoms. The number of amides is 1. The van der Waals surface area contributed by atoms with Gasteiger partial charge in [0.25, 0.3) is 0 Å². The number of oxazole rings is 1. The number of aryl methyl sites for hydroxylation is 1. The lowest BCUT2D eigenvalue weighted by Gasteiger charge is -2.04. The minimum atomic E-state index is -0.0773. The van der Waals surface area contributed by atoms with Gasteiger partial charge in [0.05, 0.1) is 13.3 Å². The van der Waals surface area contributed by atoms with Gasteiger partial charge >= 0.3 is 0 Å². The molecular weight excluding hydrogens is 384 g/mol. The number of hydrogen-bond acceptors (Lipinski definition) is 4. The van der Waals surface area contributed by atoms with Crippen LogP contribution < -0.4 is 10.1 Å². The van der Waals surface area contributed by atoms with Crippen molar-refractivity contribution in [2.45, 2.75) is 12.8 Å². The number of nitrogens with one attached hydrogen (secondary N) is 1. The lowest BCUT2D eigenvalue weighted by molar-refractivity contribution is -0.116. The average molecular weight is 401 g/mol. The number of halogens is 1. The van der Waals surface area contributed by atoms with Crippen LogP contribution in [-0.2, 0) is 11.2 Å². The molecule has 25 heavy (non-hydrogen) atoms. The Balaban J connectivity index is 1.55. The van der Waals surface area contributed by atoms with E-state index in [-0.39, 0.29) is 5.91 Å². The van der Waals surface area contributed by atoms with E-state index in [9.17, 15) is 4.79 Å². The molecule has 5 nitrogen and oxygen atoms in total. The van der Waals surface area contributed by atoms with Gasteiger partial charge in [0.2, 0.25) is 5.91 Å². The minimum absolute atomic E-state index is 0.0773. The molecule has 0 aliphatic carbocycles. The Labute approximate surface area is 154 Å². The summed E-state index contributed by atoms with van der Waals surface area (Å²) in [4.78, 5) is 16.3. The normalized spacial score (nSPS) is 10.5. The van der Waals surface area contributed by atoms with E-state index in [0.717, 1.165) is 21.5 Å². The number of rotatable bonds is 6. The maximum atomic E-state index is 12.0. The van der Waals surface area contributed by atoms with Crippen LogP contribution in [0.2, 0.25) is 0 Å². The predicted molar refractivity (Wildman–Crippen MR) is 99.6 cm³/mol. The lowest BCUT2D eigenvalue weighted by atomic mass is 10.2. The van der Waals surface area contributed by atoms with E-state index >= 15 is 0 Å². The molecule has 0 saturated heterocycles. The maximum absolute atomic E-state index is 12.0. The second-order valence-corrected chi connectivity index (χ2v) is 6.32. The van der Waals surface area contributed by atoms with Crippen LogP contribution in [0.1, 0.15) is 12.3 Å². The van der Waals surface area contributed by atoms with E-state index in [0.29, 0.717) is 24.5 Å². The summed E-state index contributed by atoms with van der Waals surface area (Å²) in [5.74, 6) is 1.92. The zero-order chi connectivity index (χ0) is 17.6. The molecular formula is C19H17BrN2O3. The summed E-state index contributed by atoms with van der Waals surface area (Å²) < 4.78 is 11.8. The fourth-order valence-corrected chi connectivity index (χ4v) is 2.56. The fourth-order valence-electron chi connectivity index (χ4n) is 2.29. The van der Waals surface area contributed by atoms with Crippen molar-refractivity contribution >= 4 is 27.5 Å². The van der Waals surface area contributed by atoms with Crippen LogP contribution >= 0.6 is 15.9 Å². The molecule has 1 heterocycles. The van der Waals surface area contributed by atoms with Crippen LogP contribution in [0.15, 0.2) is 63.6 Å². The molecule has 0 aliphatic rings. The molecule has 0 radical (unpaired) electrons. The minimum Gasteiger partial charge on any atom is -0.497 e. The number of anilines is 1. The van der Waals surface area contributed by atoms with Gasteiger partial charge in [-0.15, -0.1) is 0 Å². The van der Waals surface area contributed by atoms with E-state index < -0.39 is 0 Å². The molecule has 0 unspecified atom stereocenters. The quantitative estimate of drug-likeness (QED) is 0.651. The molecule has 1 amide bonds. The lowest BCUT2D eigenvalue weighted by Crippen LogP contribution is -2.12. The van der Waals surface area contributed by atoms with Crippen LogP contribution in [0, 0.1) is 0 Å². The molecule has 0 bridgehead atoms. The second-order valence-electron chi connectivity index (χ2n) is 5.40. The standard InChI is InChI=1S/C19H17BrN2O3/c1-24-16-8-2-13(3-9-16)17-12-21-19(25-17)11-10-18(23)22-15-6-4-14(20)5-7-15/h2-9,12H,10-11H2,1H3,(H,22,23). The van der Waals surface area contributed by atoms with Crippen molar-refractivity contribution in [3.05, 3.63) is 65.1 Å². The summed E-state index contributed by atoms with van der Waals surface area (Å²) in [6, 6.07) is 15.0. The first-order valence-corrected chi connectivity index (χ1v) is 8.58. The van der Waals surface area contributed by atoms with E-state index in [1.165, 1.54) is 0 Å². The summed E-state index contributed by atoms with van der Waals surface area (Å²) in [6.07, 6.45) is 2.42. The Morgan fingerprint density at radius 3 is 2.56 bits per heavy atom. The first kappa shape index (κ1) is 17.2. The summed E-state index contributed by atoms with van der Waals surface area (Å²) in [6.45, 7) is 0. The smallest absolute Gasteiger partial charge is 0.224 e. The monoisotopic (exact) mass is 400 g/mol. The zero-order valence-electron chi connectivity index (χ0n) is 13.7. The van der Waals surface area contributed by atoms with Gasteiger partial charge in [0, 0.05) is 28.6 Å². The average Bonchev–Trinajstić information content (AvgIpc) is 3.11. The molecule has 2 aromatic carbocycles. The predicted octanol–water partition coefficient (Wildman–Crippen LogP) is 4.68. The van der Waals surface area contributed by atoms with Gasteiger partial charge in [-0.3, -0.25) is 4.79 Å². The highest BCUT2D eigenvalue weighted by atomic mass is 79.9. The van der Waals surface area contributed by atoms with E-state index in [1.807, 2.05) is 48.5 Å². The number of carbonyl (C=O) groups is 1. The Kier molecular flexibility index (Phi) is 5.50. The van der Waals surface area contributed by atoms with Crippen molar-refractivity contribution < 1.29 is 13.9 Å². The van der Waals surface area contributed by atoms with Crippen LogP contribution in [-0.4, -0.2) is 18.0 Å².